The highest BCUT2D eigenvalue weighted by Crippen LogP contribution is 2.24. The van der Waals surface area contributed by atoms with Crippen molar-refractivity contribution in [3.05, 3.63) is 84.2 Å². The number of nitrogens with zero attached hydrogens (tertiary/aromatic N) is 1. The number of rotatable bonds is 7. The molecule has 3 rings (SSSR count). The maximum absolute atomic E-state index is 12.9. The van der Waals surface area contributed by atoms with Gasteiger partial charge in [-0.3, -0.25) is 14.6 Å². The van der Waals surface area contributed by atoms with Gasteiger partial charge in [-0.15, -0.1) is 0 Å². The van der Waals surface area contributed by atoms with Gasteiger partial charge >= 0.3 is 0 Å². The van der Waals surface area contributed by atoms with Crippen LogP contribution < -0.4 is 15.4 Å². The van der Waals surface area contributed by atoms with Gasteiger partial charge in [0.05, 0.1) is 0 Å². The van der Waals surface area contributed by atoms with E-state index < -0.39 is 6.04 Å². The van der Waals surface area contributed by atoms with Crippen LogP contribution in [-0.2, 0) is 4.79 Å². The lowest BCUT2D eigenvalue weighted by molar-refractivity contribution is -0.118. The third kappa shape index (κ3) is 5.67. The number of nitrogens with one attached hydrogen (secondary N) is 2. The van der Waals surface area contributed by atoms with Gasteiger partial charge in [0, 0.05) is 29.7 Å². The first-order chi connectivity index (χ1) is 14.4. The van der Waals surface area contributed by atoms with Crippen molar-refractivity contribution in [2.24, 2.45) is 5.92 Å². The molecule has 0 spiro atoms. The van der Waals surface area contributed by atoms with Crippen molar-refractivity contribution in [2.45, 2.75) is 26.8 Å². The van der Waals surface area contributed by atoms with Crippen LogP contribution in [-0.4, -0.2) is 22.8 Å². The lowest BCUT2D eigenvalue weighted by atomic mass is 10.0. The van der Waals surface area contributed by atoms with E-state index in [1.807, 2.05) is 32.9 Å². The third-order valence-electron chi connectivity index (χ3n) is 4.54. The predicted molar refractivity (Wildman–Crippen MR) is 117 cm³/mol. The Morgan fingerprint density at radius 2 is 1.63 bits per heavy atom. The molecule has 2 N–H and O–H groups in total. The molecule has 154 valence electrons. The largest absolute Gasteiger partial charge is 0.457 e. The number of benzene rings is 2. The molecule has 2 amide bonds. The van der Waals surface area contributed by atoms with Crippen LogP contribution >= 0.6 is 0 Å². The first kappa shape index (κ1) is 21.0. The molecule has 1 unspecified atom stereocenters. The minimum absolute atomic E-state index is 0.0874. The van der Waals surface area contributed by atoms with E-state index in [9.17, 15) is 9.59 Å². The second-order valence-electron chi connectivity index (χ2n) is 7.36. The highest BCUT2D eigenvalue weighted by atomic mass is 16.5. The number of hydrogen-bond acceptors (Lipinski definition) is 4. The number of aryl methyl sites for hydroxylation is 1. The summed E-state index contributed by atoms with van der Waals surface area (Å²) < 4.78 is 5.78. The standard InChI is InChI=1S/C24H25N3O3/c1-16(2)22(27-23(28)18-9-7-17(3)8-10-18)24(29)26-19-5-4-6-21(15-19)30-20-11-13-25-14-12-20/h4-16,22H,1-3H3,(H,26,29)(H,27,28). The number of anilines is 1. The predicted octanol–water partition coefficient (Wildman–Crippen LogP) is 4.58. The summed E-state index contributed by atoms with van der Waals surface area (Å²) in [6.45, 7) is 5.74. The molecular weight excluding hydrogens is 378 g/mol. The fourth-order valence-electron chi connectivity index (χ4n) is 2.86. The van der Waals surface area contributed by atoms with Crippen LogP contribution in [0, 0.1) is 12.8 Å². The van der Waals surface area contributed by atoms with Gasteiger partial charge in [-0.1, -0.05) is 37.6 Å². The normalized spacial score (nSPS) is 11.6. The van der Waals surface area contributed by atoms with E-state index >= 15 is 0 Å². The molecule has 0 aliphatic rings. The average molecular weight is 403 g/mol. The van der Waals surface area contributed by atoms with E-state index in [0.717, 1.165) is 5.56 Å². The molecule has 1 heterocycles. The zero-order valence-electron chi connectivity index (χ0n) is 17.3. The summed E-state index contributed by atoms with van der Waals surface area (Å²) in [6.07, 6.45) is 3.29. The maximum Gasteiger partial charge on any atom is 0.251 e. The van der Waals surface area contributed by atoms with Gasteiger partial charge in [-0.05, 0) is 49.2 Å². The summed E-state index contributed by atoms with van der Waals surface area (Å²) in [6, 6.07) is 17.2. The Kier molecular flexibility index (Phi) is 6.80. The molecule has 0 radical (unpaired) electrons. The van der Waals surface area contributed by atoms with Crippen molar-refractivity contribution in [2.75, 3.05) is 5.32 Å². The molecular formula is C24H25N3O3. The van der Waals surface area contributed by atoms with Crippen LogP contribution in [0.2, 0.25) is 0 Å². The van der Waals surface area contributed by atoms with Crippen LogP contribution in [0.1, 0.15) is 29.8 Å². The molecule has 0 bridgehead atoms. The van der Waals surface area contributed by atoms with Crippen molar-refractivity contribution < 1.29 is 14.3 Å². The van der Waals surface area contributed by atoms with Crippen molar-refractivity contribution in [1.82, 2.24) is 10.3 Å². The Labute approximate surface area is 176 Å². The number of ether oxygens (including phenoxy) is 1. The van der Waals surface area contributed by atoms with Crippen molar-refractivity contribution in [1.29, 1.82) is 0 Å². The van der Waals surface area contributed by atoms with Gasteiger partial charge in [0.2, 0.25) is 5.91 Å². The summed E-state index contributed by atoms with van der Waals surface area (Å²) >= 11 is 0. The number of amides is 2. The summed E-state index contributed by atoms with van der Waals surface area (Å²) in [4.78, 5) is 29.4. The zero-order valence-corrected chi connectivity index (χ0v) is 17.3. The molecule has 0 saturated heterocycles. The Bertz CT molecular complexity index is 1000. The molecule has 2 aromatic carbocycles. The van der Waals surface area contributed by atoms with E-state index in [1.54, 1.807) is 60.9 Å². The molecule has 0 aliphatic carbocycles. The van der Waals surface area contributed by atoms with Crippen LogP contribution in [0.5, 0.6) is 11.5 Å². The van der Waals surface area contributed by atoms with Crippen LogP contribution in [0.4, 0.5) is 5.69 Å². The Hall–Kier alpha value is -3.67. The fraction of sp³-hybridized carbons (Fsp3) is 0.208. The Morgan fingerprint density at radius 1 is 0.933 bits per heavy atom. The number of carbonyl (C=O) groups excluding carboxylic acids is 2. The number of aromatic nitrogens is 1. The lowest BCUT2D eigenvalue weighted by Crippen LogP contribution is -2.47. The maximum atomic E-state index is 12.9. The third-order valence-corrected chi connectivity index (χ3v) is 4.54. The monoisotopic (exact) mass is 403 g/mol. The quantitative estimate of drug-likeness (QED) is 0.605. The van der Waals surface area contributed by atoms with Gasteiger partial charge in [-0.25, -0.2) is 0 Å². The smallest absolute Gasteiger partial charge is 0.251 e. The topological polar surface area (TPSA) is 80.3 Å². The highest BCUT2D eigenvalue weighted by Gasteiger charge is 2.25. The van der Waals surface area contributed by atoms with Gasteiger partial charge in [0.15, 0.2) is 0 Å². The van der Waals surface area contributed by atoms with Crippen LogP contribution in [0.15, 0.2) is 73.1 Å². The van der Waals surface area contributed by atoms with Gasteiger partial charge in [0.1, 0.15) is 17.5 Å². The first-order valence-corrected chi connectivity index (χ1v) is 9.79. The van der Waals surface area contributed by atoms with Crippen molar-refractivity contribution >= 4 is 17.5 Å². The second-order valence-corrected chi connectivity index (χ2v) is 7.36. The van der Waals surface area contributed by atoms with Crippen LogP contribution in [0.3, 0.4) is 0 Å². The molecule has 30 heavy (non-hydrogen) atoms. The fourth-order valence-corrected chi connectivity index (χ4v) is 2.86. The van der Waals surface area contributed by atoms with Crippen molar-refractivity contribution in [3.8, 4) is 11.5 Å². The van der Waals surface area contributed by atoms with Gasteiger partial charge < -0.3 is 15.4 Å². The first-order valence-electron chi connectivity index (χ1n) is 9.79. The number of pyridine rings is 1. The van der Waals surface area contributed by atoms with E-state index in [0.29, 0.717) is 22.7 Å². The minimum atomic E-state index is -0.677. The van der Waals surface area contributed by atoms with Gasteiger partial charge in [-0.2, -0.15) is 0 Å². The van der Waals surface area contributed by atoms with Crippen molar-refractivity contribution in [3.63, 3.8) is 0 Å². The second kappa shape index (κ2) is 9.69. The summed E-state index contributed by atoms with van der Waals surface area (Å²) in [5.41, 5.74) is 2.17. The highest BCUT2D eigenvalue weighted by molar-refractivity contribution is 6.01. The zero-order chi connectivity index (χ0) is 21.5. The number of carbonyl (C=O) groups is 2. The molecule has 0 saturated carbocycles. The summed E-state index contributed by atoms with van der Waals surface area (Å²) in [5.74, 6) is 0.587. The molecule has 1 aromatic heterocycles. The summed E-state index contributed by atoms with van der Waals surface area (Å²) in [7, 11) is 0. The van der Waals surface area contributed by atoms with E-state index in [1.165, 1.54) is 0 Å². The van der Waals surface area contributed by atoms with Gasteiger partial charge in [0.25, 0.3) is 5.91 Å². The SMILES string of the molecule is Cc1ccc(C(=O)NC(C(=O)Nc2cccc(Oc3ccncc3)c2)C(C)C)cc1. The Morgan fingerprint density at radius 3 is 2.30 bits per heavy atom. The Balaban J connectivity index is 1.68. The minimum Gasteiger partial charge on any atom is -0.457 e. The molecule has 3 aromatic rings. The molecule has 6 nitrogen and oxygen atoms in total. The van der Waals surface area contributed by atoms with E-state index in [-0.39, 0.29) is 17.7 Å². The number of hydrogen-bond donors (Lipinski definition) is 2. The van der Waals surface area contributed by atoms with E-state index in [4.69, 9.17) is 4.74 Å². The molecule has 1 atom stereocenters. The molecule has 6 heteroatoms. The average Bonchev–Trinajstić information content (AvgIpc) is 2.73. The lowest BCUT2D eigenvalue weighted by Gasteiger charge is -2.22. The van der Waals surface area contributed by atoms with E-state index in [2.05, 4.69) is 15.6 Å². The molecule has 0 aliphatic heterocycles. The summed E-state index contributed by atoms with van der Waals surface area (Å²) in [5, 5.41) is 5.71. The molecule has 0 fully saturated rings. The van der Waals surface area contributed by atoms with Crippen LogP contribution in [0.25, 0.3) is 0 Å².